The Bertz CT molecular complexity index is 283. The molecule has 0 bridgehead atoms. The number of hydrogen-bond acceptors (Lipinski definition) is 1. The van der Waals surface area contributed by atoms with Gasteiger partial charge in [-0.2, -0.15) is 0 Å². The van der Waals surface area contributed by atoms with Gasteiger partial charge in [-0.3, -0.25) is 9.36 Å². The molecule has 0 fully saturated rings. The largest absolute Gasteiger partial charge is 0.291 e. The summed E-state index contributed by atoms with van der Waals surface area (Å²) >= 11 is 0. The van der Waals surface area contributed by atoms with Crippen molar-refractivity contribution in [1.82, 2.24) is 4.57 Å². The first-order chi connectivity index (χ1) is 6.20. The number of carbonyl (C=O) groups is 1. The van der Waals surface area contributed by atoms with Crippen LogP contribution in [0.15, 0.2) is 36.7 Å². The molecule has 0 spiro atoms. The summed E-state index contributed by atoms with van der Waals surface area (Å²) in [7, 11) is 0. The summed E-state index contributed by atoms with van der Waals surface area (Å²) in [6.45, 7) is 4.26. The molecule has 1 rings (SSSR count). The van der Waals surface area contributed by atoms with Gasteiger partial charge in [0.1, 0.15) is 0 Å². The number of hydrogen-bond donors (Lipinski definition) is 0. The topological polar surface area (TPSA) is 22.0 Å². The summed E-state index contributed by atoms with van der Waals surface area (Å²) in [5, 5.41) is 0. The zero-order valence-corrected chi connectivity index (χ0v) is 8.10. The quantitative estimate of drug-likeness (QED) is 0.651. The Morgan fingerprint density at radius 3 is 2.54 bits per heavy atom. The van der Waals surface area contributed by atoms with Crippen molar-refractivity contribution < 1.29 is 4.79 Å². The predicted molar refractivity (Wildman–Crippen MR) is 53.7 cm³/mol. The molecular formula is C11H15NO. The Hall–Kier alpha value is -1.31. The summed E-state index contributed by atoms with van der Waals surface area (Å²) in [5.74, 6) is 0.624. The van der Waals surface area contributed by atoms with Crippen molar-refractivity contribution in [2.45, 2.75) is 20.3 Å². The maximum atomic E-state index is 11.4. The molecule has 2 heteroatoms. The molecule has 0 N–H and O–H groups in total. The molecule has 0 unspecified atom stereocenters. The molecule has 0 saturated heterocycles. The van der Waals surface area contributed by atoms with Gasteiger partial charge in [0, 0.05) is 12.4 Å². The number of carbonyl (C=O) groups excluding carboxylic acids is 1. The van der Waals surface area contributed by atoms with Crippen LogP contribution in [0.2, 0.25) is 0 Å². The van der Waals surface area contributed by atoms with Gasteiger partial charge in [-0.05, 0) is 30.5 Å². The molecule has 70 valence electrons. The average molecular weight is 177 g/mol. The van der Waals surface area contributed by atoms with Crippen molar-refractivity contribution in [2.75, 3.05) is 0 Å². The zero-order chi connectivity index (χ0) is 9.68. The van der Waals surface area contributed by atoms with E-state index in [2.05, 4.69) is 13.8 Å². The molecule has 13 heavy (non-hydrogen) atoms. The van der Waals surface area contributed by atoms with Gasteiger partial charge in [-0.25, -0.2) is 0 Å². The molecule has 2 nitrogen and oxygen atoms in total. The van der Waals surface area contributed by atoms with E-state index in [1.54, 1.807) is 23.0 Å². The van der Waals surface area contributed by atoms with Gasteiger partial charge in [0.05, 0.1) is 0 Å². The predicted octanol–water partition coefficient (Wildman–Crippen LogP) is 2.73. The van der Waals surface area contributed by atoms with Crippen LogP contribution in [0.3, 0.4) is 0 Å². The van der Waals surface area contributed by atoms with Crippen LogP contribution in [0.5, 0.6) is 0 Å². The molecule has 0 aliphatic carbocycles. The molecule has 0 aromatic carbocycles. The number of aromatic nitrogens is 1. The van der Waals surface area contributed by atoms with Gasteiger partial charge in [-0.15, -0.1) is 0 Å². The van der Waals surface area contributed by atoms with E-state index in [9.17, 15) is 4.79 Å². The Morgan fingerprint density at radius 1 is 1.38 bits per heavy atom. The third-order valence-electron chi connectivity index (χ3n) is 1.73. The summed E-state index contributed by atoms with van der Waals surface area (Å²) in [6, 6.07) is 3.68. The van der Waals surface area contributed by atoms with E-state index in [4.69, 9.17) is 0 Å². The summed E-state index contributed by atoms with van der Waals surface area (Å²) in [4.78, 5) is 11.4. The lowest BCUT2D eigenvalue weighted by molar-refractivity contribution is 0.0969. The van der Waals surface area contributed by atoms with Crippen molar-refractivity contribution >= 4 is 5.91 Å². The molecule has 0 atom stereocenters. The molecule has 1 aromatic rings. The minimum Gasteiger partial charge on any atom is -0.291 e. The highest BCUT2D eigenvalue weighted by Crippen LogP contribution is 2.00. The molecule has 1 aromatic heterocycles. The van der Waals surface area contributed by atoms with Crippen molar-refractivity contribution in [3.8, 4) is 0 Å². The minimum absolute atomic E-state index is 0.0191. The first kappa shape index (κ1) is 9.78. The fraction of sp³-hybridized carbons (Fsp3) is 0.364. The third kappa shape index (κ3) is 3.28. The fourth-order valence-corrected chi connectivity index (χ4v) is 1.01. The van der Waals surface area contributed by atoms with Crippen LogP contribution in [-0.4, -0.2) is 10.5 Å². The molecular weight excluding hydrogens is 162 g/mol. The normalized spacial score (nSPS) is 11.3. The molecule has 0 saturated carbocycles. The second-order valence-corrected chi connectivity index (χ2v) is 3.46. The Morgan fingerprint density at radius 2 is 2.00 bits per heavy atom. The molecule has 0 aliphatic rings. The lowest BCUT2D eigenvalue weighted by atomic mass is 10.1. The first-order valence-electron chi connectivity index (χ1n) is 4.54. The van der Waals surface area contributed by atoms with Crippen LogP contribution in [0.4, 0.5) is 0 Å². The Balaban J connectivity index is 2.47. The van der Waals surface area contributed by atoms with Crippen LogP contribution >= 0.6 is 0 Å². The monoisotopic (exact) mass is 177 g/mol. The lowest BCUT2D eigenvalue weighted by Gasteiger charge is -1.97. The van der Waals surface area contributed by atoms with Crippen molar-refractivity contribution in [1.29, 1.82) is 0 Å². The van der Waals surface area contributed by atoms with E-state index in [0.29, 0.717) is 5.92 Å². The smallest absolute Gasteiger partial charge is 0.254 e. The van der Waals surface area contributed by atoms with Crippen molar-refractivity contribution in [2.24, 2.45) is 5.92 Å². The van der Waals surface area contributed by atoms with E-state index in [-0.39, 0.29) is 5.91 Å². The van der Waals surface area contributed by atoms with Crippen LogP contribution in [0, 0.1) is 5.92 Å². The highest BCUT2D eigenvalue weighted by atomic mass is 16.1. The van der Waals surface area contributed by atoms with Crippen molar-refractivity contribution in [3.05, 3.63) is 36.7 Å². The molecule has 0 aliphatic heterocycles. The highest BCUT2D eigenvalue weighted by molar-refractivity contribution is 5.89. The summed E-state index contributed by atoms with van der Waals surface area (Å²) in [6.07, 6.45) is 8.00. The second-order valence-electron chi connectivity index (χ2n) is 3.46. The van der Waals surface area contributed by atoms with Crippen LogP contribution < -0.4 is 0 Å². The van der Waals surface area contributed by atoms with Gasteiger partial charge < -0.3 is 0 Å². The maximum Gasteiger partial charge on any atom is 0.254 e. The van der Waals surface area contributed by atoms with Gasteiger partial charge >= 0.3 is 0 Å². The number of nitrogens with zero attached hydrogens (tertiary/aromatic N) is 1. The average Bonchev–Trinajstić information content (AvgIpc) is 2.55. The van der Waals surface area contributed by atoms with Gasteiger partial charge in [-0.1, -0.05) is 19.9 Å². The number of rotatable bonds is 3. The standard InChI is InChI=1S/C11H15NO/c1-10(2)6-5-7-11(13)12-8-3-4-9-12/h3-5,7-10H,6H2,1-2H3/b7-5+. The summed E-state index contributed by atoms with van der Waals surface area (Å²) < 4.78 is 1.57. The third-order valence-corrected chi connectivity index (χ3v) is 1.73. The highest BCUT2D eigenvalue weighted by Gasteiger charge is 1.96. The SMILES string of the molecule is CC(C)C/C=C/C(=O)n1cccc1. The Labute approximate surface area is 78.9 Å². The molecule has 0 radical (unpaired) electrons. The maximum absolute atomic E-state index is 11.4. The Kier molecular flexibility index (Phi) is 3.50. The molecule has 1 heterocycles. The summed E-state index contributed by atoms with van der Waals surface area (Å²) in [5.41, 5.74) is 0. The lowest BCUT2D eigenvalue weighted by Crippen LogP contribution is -2.03. The van der Waals surface area contributed by atoms with E-state index in [1.165, 1.54) is 0 Å². The van der Waals surface area contributed by atoms with Gasteiger partial charge in [0.15, 0.2) is 0 Å². The van der Waals surface area contributed by atoms with Crippen molar-refractivity contribution in [3.63, 3.8) is 0 Å². The first-order valence-corrected chi connectivity index (χ1v) is 4.54. The van der Waals surface area contributed by atoms with Crippen LogP contribution in [-0.2, 0) is 0 Å². The van der Waals surface area contributed by atoms with E-state index >= 15 is 0 Å². The van der Waals surface area contributed by atoms with E-state index < -0.39 is 0 Å². The zero-order valence-electron chi connectivity index (χ0n) is 8.10. The van der Waals surface area contributed by atoms with Gasteiger partial charge in [0.2, 0.25) is 0 Å². The number of allylic oxidation sites excluding steroid dienone is 2. The fourth-order valence-electron chi connectivity index (χ4n) is 1.01. The van der Waals surface area contributed by atoms with E-state index in [0.717, 1.165) is 6.42 Å². The van der Waals surface area contributed by atoms with Crippen LogP contribution in [0.25, 0.3) is 0 Å². The van der Waals surface area contributed by atoms with E-state index in [1.807, 2.05) is 18.2 Å². The second kappa shape index (κ2) is 4.65. The molecule has 0 amide bonds. The van der Waals surface area contributed by atoms with Crippen LogP contribution in [0.1, 0.15) is 25.1 Å². The van der Waals surface area contributed by atoms with Gasteiger partial charge in [0.25, 0.3) is 5.91 Å². The minimum atomic E-state index is 0.0191.